The molecule has 1 aliphatic heterocycles. The molecular weight excluding hydrogens is 255 g/mol. The Morgan fingerprint density at radius 3 is 2.42 bits per heavy atom. The number of likely N-dealkylation sites (tertiary alicyclic amines) is 1. The number of benzene rings is 1. The van der Waals surface area contributed by atoms with Crippen molar-refractivity contribution in [1.82, 2.24) is 4.90 Å². The molecule has 1 saturated heterocycles. The van der Waals surface area contributed by atoms with Gasteiger partial charge in [0.1, 0.15) is 6.10 Å². The highest BCUT2D eigenvalue weighted by molar-refractivity contribution is 5.26. The zero-order valence-electron chi connectivity index (χ0n) is 10.7. The fourth-order valence-corrected chi connectivity index (χ4v) is 2.15. The van der Waals surface area contributed by atoms with Crippen LogP contribution in [0.4, 0.5) is 13.2 Å². The lowest BCUT2D eigenvalue weighted by molar-refractivity contribution is 0.0142. The summed E-state index contributed by atoms with van der Waals surface area (Å²) in [4.78, 5) is 2.14. The summed E-state index contributed by atoms with van der Waals surface area (Å²) in [6.07, 6.45) is 2.27. The monoisotopic (exact) mass is 273 g/mol. The number of para-hydroxylation sites is 1. The Bertz CT molecular complexity index is 387. The van der Waals surface area contributed by atoms with E-state index >= 15 is 0 Å². The Morgan fingerprint density at radius 1 is 1.11 bits per heavy atom. The number of nitrogens with zero attached hydrogens (tertiary/aromatic N) is 1. The van der Waals surface area contributed by atoms with Gasteiger partial charge in [0.2, 0.25) is 0 Å². The Hall–Kier alpha value is -1.23. The van der Waals surface area contributed by atoms with Crippen molar-refractivity contribution in [2.75, 3.05) is 26.3 Å². The van der Waals surface area contributed by atoms with Crippen molar-refractivity contribution >= 4 is 0 Å². The third-order valence-electron chi connectivity index (χ3n) is 3.24. The molecule has 2 rings (SSSR count). The first-order valence-corrected chi connectivity index (χ1v) is 6.59. The smallest absolute Gasteiger partial charge is 0.191 e. The molecule has 1 fully saturated rings. The molecule has 1 aliphatic rings. The Labute approximate surface area is 111 Å². The van der Waals surface area contributed by atoms with Gasteiger partial charge in [-0.25, -0.2) is 8.78 Å². The standard InChI is InChI=1S/C14H18F3NO/c15-7-2-1-3-8-18-9-11(10-18)19-14-12(16)5-4-6-13(14)17/h4-6,11H,1-3,7-10H2. The zero-order chi connectivity index (χ0) is 13.7. The van der Waals surface area contributed by atoms with Crippen LogP contribution in [0.2, 0.25) is 0 Å². The van der Waals surface area contributed by atoms with Crippen LogP contribution >= 0.6 is 0 Å². The van der Waals surface area contributed by atoms with Gasteiger partial charge in [0, 0.05) is 13.1 Å². The summed E-state index contributed by atoms with van der Waals surface area (Å²) >= 11 is 0. The average Bonchev–Trinajstić information content (AvgIpc) is 2.34. The van der Waals surface area contributed by atoms with E-state index in [0.717, 1.165) is 19.4 Å². The summed E-state index contributed by atoms with van der Waals surface area (Å²) in [7, 11) is 0. The van der Waals surface area contributed by atoms with Crippen LogP contribution in [-0.2, 0) is 0 Å². The highest BCUT2D eigenvalue weighted by Crippen LogP contribution is 2.24. The molecule has 1 aromatic rings. The molecule has 1 aromatic carbocycles. The summed E-state index contributed by atoms with van der Waals surface area (Å²) in [5.41, 5.74) is 0. The van der Waals surface area contributed by atoms with Crippen molar-refractivity contribution < 1.29 is 17.9 Å². The second kappa shape index (κ2) is 6.80. The maximum atomic E-state index is 13.3. The van der Waals surface area contributed by atoms with Crippen LogP contribution in [-0.4, -0.2) is 37.3 Å². The number of alkyl halides is 1. The molecule has 106 valence electrons. The molecule has 0 N–H and O–H groups in total. The SMILES string of the molecule is FCCCCCN1CC(Oc2c(F)cccc2F)C1. The van der Waals surface area contributed by atoms with Crippen molar-refractivity contribution in [3.8, 4) is 5.75 Å². The second-order valence-corrected chi connectivity index (χ2v) is 4.80. The van der Waals surface area contributed by atoms with Gasteiger partial charge >= 0.3 is 0 Å². The quantitative estimate of drug-likeness (QED) is 0.708. The summed E-state index contributed by atoms with van der Waals surface area (Å²) in [5, 5.41) is 0. The number of unbranched alkanes of at least 4 members (excludes halogenated alkanes) is 2. The summed E-state index contributed by atoms with van der Waals surface area (Å²) in [6, 6.07) is 3.69. The third kappa shape index (κ3) is 3.86. The van der Waals surface area contributed by atoms with E-state index in [1.54, 1.807) is 0 Å². The van der Waals surface area contributed by atoms with Crippen molar-refractivity contribution in [3.63, 3.8) is 0 Å². The molecule has 0 unspecified atom stereocenters. The molecule has 5 heteroatoms. The van der Waals surface area contributed by atoms with Gasteiger partial charge in [-0.05, 0) is 37.9 Å². The first kappa shape index (κ1) is 14.2. The number of ether oxygens (including phenoxy) is 1. The molecule has 2 nitrogen and oxygen atoms in total. The highest BCUT2D eigenvalue weighted by atomic mass is 19.1. The minimum Gasteiger partial charge on any atom is -0.482 e. The second-order valence-electron chi connectivity index (χ2n) is 4.80. The van der Waals surface area contributed by atoms with Gasteiger partial charge in [-0.3, -0.25) is 9.29 Å². The van der Waals surface area contributed by atoms with Crippen molar-refractivity contribution in [1.29, 1.82) is 0 Å². The van der Waals surface area contributed by atoms with Gasteiger partial charge in [0.15, 0.2) is 17.4 Å². The minimum absolute atomic E-state index is 0.160. The van der Waals surface area contributed by atoms with E-state index in [4.69, 9.17) is 4.74 Å². The predicted octanol–water partition coefficient (Wildman–Crippen LogP) is 3.17. The summed E-state index contributed by atoms with van der Waals surface area (Å²) in [6.45, 7) is 1.96. The molecule has 0 radical (unpaired) electrons. The number of hydrogen-bond donors (Lipinski definition) is 0. The summed E-state index contributed by atoms with van der Waals surface area (Å²) in [5.74, 6) is -1.62. The number of hydrogen-bond acceptors (Lipinski definition) is 2. The van der Waals surface area contributed by atoms with Gasteiger partial charge < -0.3 is 4.74 Å². The molecular formula is C14H18F3NO. The molecule has 0 amide bonds. The Kier molecular flexibility index (Phi) is 5.07. The van der Waals surface area contributed by atoms with E-state index in [9.17, 15) is 13.2 Å². The van der Waals surface area contributed by atoms with Crippen LogP contribution in [0.5, 0.6) is 5.75 Å². The zero-order valence-corrected chi connectivity index (χ0v) is 10.7. The van der Waals surface area contributed by atoms with E-state index in [1.165, 1.54) is 18.2 Å². The van der Waals surface area contributed by atoms with Gasteiger partial charge in [-0.15, -0.1) is 0 Å². The van der Waals surface area contributed by atoms with Gasteiger partial charge in [0.25, 0.3) is 0 Å². The van der Waals surface area contributed by atoms with E-state index in [-0.39, 0.29) is 18.5 Å². The lowest BCUT2D eigenvalue weighted by Crippen LogP contribution is -2.54. The van der Waals surface area contributed by atoms with Crippen LogP contribution in [0.25, 0.3) is 0 Å². The van der Waals surface area contributed by atoms with Crippen LogP contribution < -0.4 is 4.74 Å². The van der Waals surface area contributed by atoms with Crippen LogP contribution in [0.15, 0.2) is 18.2 Å². The van der Waals surface area contributed by atoms with E-state index in [2.05, 4.69) is 4.90 Å². The molecule has 0 spiro atoms. The van der Waals surface area contributed by atoms with Crippen molar-refractivity contribution in [2.45, 2.75) is 25.4 Å². The van der Waals surface area contributed by atoms with Gasteiger partial charge in [-0.2, -0.15) is 0 Å². The minimum atomic E-state index is -0.665. The fraction of sp³-hybridized carbons (Fsp3) is 0.571. The molecule has 19 heavy (non-hydrogen) atoms. The van der Waals surface area contributed by atoms with Crippen molar-refractivity contribution in [2.24, 2.45) is 0 Å². The first-order chi connectivity index (χ1) is 9.20. The maximum Gasteiger partial charge on any atom is 0.191 e. The molecule has 0 bridgehead atoms. The maximum absolute atomic E-state index is 13.3. The van der Waals surface area contributed by atoms with Gasteiger partial charge in [0.05, 0.1) is 6.67 Å². The highest BCUT2D eigenvalue weighted by Gasteiger charge is 2.29. The number of rotatable bonds is 7. The average molecular weight is 273 g/mol. The molecule has 0 saturated carbocycles. The normalized spacial score (nSPS) is 16.4. The van der Waals surface area contributed by atoms with E-state index < -0.39 is 11.6 Å². The molecule has 1 heterocycles. The molecule has 0 atom stereocenters. The fourth-order valence-electron chi connectivity index (χ4n) is 2.15. The van der Waals surface area contributed by atoms with Crippen LogP contribution in [0, 0.1) is 11.6 Å². The van der Waals surface area contributed by atoms with Crippen LogP contribution in [0.3, 0.4) is 0 Å². The first-order valence-electron chi connectivity index (χ1n) is 6.59. The topological polar surface area (TPSA) is 12.5 Å². The predicted molar refractivity (Wildman–Crippen MR) is 67.0 cm³/mol. The summed E-state index contributed by atoms with van der Waals surface area (Å²) < 4.78 is 43.9. The van der Waals surface area contributed by atoms with Crippen molar-refractivity contribution in [3.05, 3.63) is 29.8 Å². The Morgan fingerprint density at radius 2 is 1.79 bits per heavy atom. The molecule has 0 aliphatic carbocycles. The van der Waals surface area contributed by atoms with E-state index in [1.807, 2.05) is 0 Å². The Balaban J connectivity index is 1.70. The molecule has 0 aromatic heterocycles. The lowest BCUT2D eigenvalue weighted by atomic mass is 10.1. The van der Waals surface area contributed by atoms with Crippen LogP contribution in [0.1, 0.15) is 19.3 Å². The largest absolute Gasteiger partial charge is 0.482 e. The van der Waals surface area contributed by atoms with E-state index in [0.29, 0.717) is 19.5 Å². The number of halogens is 3. The third-order valence-corrected chi connectivity index (χ3v) is 3.24. The lowest BCUT2D eigenvalue weighted by Gasteiger charge is -2.39. The van der Waals surface area contributed by atoms with Gasteiger partial charge in [-0.1, -0.05) is 6.07 Å².